The maximum absolute atomic E-state index is 11.7. The van der Waals surface area contributed by atoms with Crippen LogP contribution in [0.3, 0.4) is 0 Å². The van der Waals surface area contributed by atoms with Gasteiger partial charge in [-0.1, -0.05) is 20.8 Å². The number of carbonyl (C=O) groups is 2. The minimum absolute atomic E-state index is 0.0630. The van der Waals surface area contributed by atoms with Gasteiger partial charge in [0, 0.05) is 11.6 Å². The van der Waals surface area contributed by atoms with Crippen molar-refractivity contribution in [2.24, 2.45) is 5.41 Å². The monoisotopic (exact) mass is 236 g/mol. The van der Waals surface area contributed by atoms with Gasteiger partial charge in [0.25, 0.3) is 0 Å². The molecule has 1 heterocycles. The molecule has 1 aromatic rings. The normalized spacial score (nSPS) is 11.3. The Bertz CT molecular complexity index is 418. The molecule has 0 saturated carbocycles. The van der Waals surface area contributed by atoms with Crippen LogP contribution in [0.4, 0.5) is 0 Å². The van der Waals surface area contributed by atoms with Crippen LogP contribution in [0, 0.1) is 5.41 Å². The maximum Gasteiger partial charge on any atom is 0.208 e. The summed E-state index contributed by atoms with van der Waals surface area (Å²) < 4.78 is 0. The number of Topliss-reactive ketones (excluding diaryl/α,β-unsaturated/α-hetero) is 2. The first kappa shape index (κ1) is 13.4. The fourth-order valence-electron chi connectivity index (χ4n) is 1.10. The Balaban J connectivity index is 2.76. The van der Waals surface area contributed by atoms with Crippen molar-refractivity contribution in [1.82, 2.24) is 9.97 Å². The molecule has 0 atom stereocenters. The van der Waals surface area contributed by atoms with E-state index in [2.05, 4.69) is 9.97 Å². The summed E-state index contributed by atoms with van der Waals surface area (Å²) >= 11 is 0. The molecule has 0 fully saturated rings. The summed E-state index contributed by atoms with van der Waals surface area (Å²) in [7, 11) is 0. The van der Waals surface area contributed by atoms with Gasteiger partial charge in [-0.25, -0.2) is 4.98 Å². The molecule has 5 nitrogen and oxygen atoms in total. The van der Waals surface area contributed by atoms with Crippen LogP contribution in [0.5, 0.6) is 0 Å². The largest absolute Gasteiger partial charge is 0.388 e. The van der Waals surface area contributed by atoms with Crippen LogP contribution in [0.15, 0.2) is 12.4 Å². The Morgan fingerprint density at radius 2 is 1.88 bits per heavy atom. The van der Waals surface area contributed by atoms with Gasteiger partial charge >= 0.3 is 0 Å². The molecule has 0 aliphatic carbocycles. The molecule has 0 radical (unpaired) electrons. The third-order valence-corrected chi connectivity index (χ3v) is 2.31. The Morgan fingerprint density at radius 1 is 1.24 bits per heavy atom. The second-order valence-electron chi connectivity index (χ2n) is 4.82. The lowest BCUT2D eigenvalue weighted by molar-refractivity contribution is -0.125. The minimum atomic E-state index is -0.588. The number of rotatable bonds is 4. The van der Waals surface area contributed by atoms with Gasteiger partial charge < -0.3 is 5.11 Å². The number of carbonyl (C=O) groups excluding carboxylic acids is 2. The van der Waals surface area contributed by atoms with E-state index in [-0.39, 0.29) is 17.9 Å². The van der Waals surface area contributed by atoms with Gasteiger partial charge in [0.1, 0.15) is 18.1 Å². The molecule has 0 spiro atoms. The summed E-state index contributed by atoms with van der Waals surface area (Å²) in [5.41, 5.74) is 0.222. The van der Waals surface area contributed by atoms with Crippen LogP contribution in [-0.2, 0) is 11.2 Å². The van der Waals surface area contributed by atoms with Crippen LogP contribution in [-0.4, -0.2) is 33.2 Å². The SMILES string of the molecule is CC(C)(C)C(=O)Cc1cnc(C(=O)CO)cn1. The van der Waals surface area contributed by atoms with Crippen LogP contribution in [0.2, 0.25) is 0 Å². The molecule has 0 saturated heterocycles. The van der Waals surface area contributed by atoms with Gasteiger partial charge in [-0.3, -0.25) is 14.6 Å². The van der Waals surface area contributed by atoms with Gasteiger partial charge in [0.2, 0.25) is 5.78 Å². The van der Waals surface area contributed by atoms with E-state index < -0.39 is 17.8 Å². The predicted octanol–water partition coefficient (Wildman–Crippen LogP) is 0.809. The first-order chi connectivity index (χ1) is 7.84. The first-order valence-electron chi connectivity index (χ1n) is 5.33. The topological polar surface area (TPSA) is 80.2 Å². The smallest absolute Gasteiger partial charge is 0.208 e. The molecule has 17 heavy (non-hydrogen) atoms. The molecular weight excluding hydrogens is 220 g/mol. The minimum Gasteiger partial charge on any atom is -0.388 e. The standard InChI is InChI=1S/C12H16N2O3/c1-12(2,3)11(17)4-8-5-14-9(6-13-8)10(16)7-15/h5-6,15H,4,7H2,1-3H3. The van der Waals surface area contributed by atoms with Gasteiger partial charge in [0.05, 0.1) is 18.3 Å². The number of aliphatic hydroxyl groups excluding tert-OH is 1. The molecule has 92 valence electrons. The van der Waals surface area contributed by atoms with Crippen molar-refractivity contribution < 1.29 is 14.7 Å². The van der Waals surface area contributed by atoms with E-state index >= 15 is 0 Å². The number of aliphatic hydroxyl groups is 1. The molecule has 1 aromatic heterocycles. The van der Waals surface area contributed by atoms with Crippen LogP contribution < -0.4 is 0 Å². The number of hydrogen-bond donors (Lipinski definition) is 1. The van der Waals surface area contributed by atoms with E-state index in [4.69, 9.17) is 5.11 Å². The third kappa shape index (κ3) is 3.71. The van der Waals surface area contributed by atoms with E-state index in [1.165, 1.54) is 12.4 Å². The van der Waals surface area contributed by atoms with Crippen molar-refractivity contribution in [2.45, 2.75) is 27.2 Å². The molecule has 0 bridgehead atoms. The molecule has 0 aromatic carbocycles. The zero-order valence-corrected chi connectivity index (χ0v) is 10.2. The Kier molecular flexibility index (Phi) is 4.07. The van der Waals surface area contributed by atoms with Gasteiger partial charge in [-0.2, -0.15) is 0 Å². The first-order valence-corrected chi connectivity index (χ1v) is 5.33. The number of aromatic nitrogens is 2. The van der Waals surface area contributed by atoms with Gasteiger partial charge in [0.15, 0.2) is 0 Å². The van der Waals surface area contributed by atoms with Crippen LogP contribution in [0.1, 0.15) is 37.0 Å². The second kappa shape index (κ2) is 5.14. The van der Waals surface area contributed by atoms with Crippen molar-refractivity contribution in [3.63, 3.8) is 0 Å². The summed E-state index contributed by atoms with van der Waals surface area (Å²) in [5, 5.41) is 8.64. The molecule has 5 heteroatoms. The lowest BCUT2D eigenvalue weighted by atomic mass is 9.88. The van der Waals surface area contributed by atoms with Crippen molar-refractivity contribution in [1.29, 1.82) is 0 Å². The van der Waals surface area contributed by atoms with E-state index in [0.29, 0.717) is 5.69 Å². The molecule has 0 unspecified atom stereocenters. The van der Waals surface area contributed by atoms with Gasteiger partial charge in [-0.15, -0.1) is 0 Å². The molecule has 1 N–H and O–H groups in total. The quantitative estimate of drug-likeness (QED) is 0.782. The Hall–Kier alpha value is -1.62. The number of hydrogen-bond acceptors (Lipinski definition) is 5. The lowest BCUT2D eigenvalue weighted by Gasteiger charge is -2.15. The second-order valence-corrected chi connectivity index (χ2v) is 4.82. The number of ketones is 2. The molecule has 0 aliphatic rings. The average molecular weight is 236 g/mol. The van der Waals surface area contributed by atoms with Crippen LogP contribution >= 0.6 is 0 Å². The summed E-state index contributed by atoms with van der Waals surface area (Å²) in [6, 6.07) is 0. The summed E-state index contributed by atoms with van der Waals surface area (Å²) in [6.07, 6.45) is 2.88. The van der Waals surface area contributed by atoms with E-state index in [1.807, 2.05) is 20.8 Å². The molecule has 1 rings (SSSR count). The molecular formula is C12H16N2O3. The average Bonchev–Trinajstić information content (AvgIpc) is 2.27. The Labute approximate surface area is 99.9 Å². The lowest BCUT2D eigenvalue weighted by Crippen LogP contribution is -2.22. The summed E-state index contributed by atoms with van der Waals surface area (Å²) in [6.45, 7) is 4.93. The Morgan fingerprint density at radius 3 is 2.29 bits per heavy atom. The van der Waals surface area contributed by atoms with Crippen molar-refractivity contribution in [3.8, 4) is 0 Å². The zero-order chi connectivity index (χ0) is 13.1. The summed E-state index contributed by atoms with van der Waals surface area (Å²) in [5.74, 6) is -0.417. The van der Waals surface area contributed by atoms with Gasteiger partial charge in [-0.05, 0) is 0 Å². The highest BCUT2D eigenvalue weighted by Gasteiger charge is 2.21. The van der Waals surface area contributed by atoms with Crippen molar-refractivity contribution >= 4 is 11.6 Å². The van der Waals surface area contributed by atoms with E-state index in [1.54, 1.807) is 0 Å². The van der Waals surface area contributed by atoms with Crippen molar-refractivity contribution in [2.75, 3.05) is 6.61 Å². The van der Waals surface area contributed by atoms with Crippen LogP contribution in [0.25, 0.3) is 0 Å². The van der Waals surface area contributed by atoms with E-state index in [9.17, 15) is 9.59 Å². The highest BCUT2D eigenvalue weighted by atomic mass is 16.3. The highest BCUT2D eigenvalue weighted by molar-refractivity contribution is 5.94. The fourth-order valence-corrected chi connectivity index (χ4v) is 1.10. The van der Waals surface area contributed by atoms with Crippen molar-refractivity contribution in [3.05, 3.63) is 23.8 Å². The number of nitrogens with zero attached hydrogens (tertiary/aromatic N) is 2. The summed E-state index contributed by atoms with van der Waals surface area (Å²) in [4.78, 5) is 30.7. The fraction of sp³-hybridized carbons (Fsp3) is 0.500. The maximum atomic E-state index is 11.7. The zero-order valence-electron chi connectivity index (χ0n) is 10.2. The highest BCUT2D eigenvalue weighted by Crippen LogP contribution is 2.16. The third-order valence-electron chi connectivity index (χ3n) is 2.31. The molecule has 0 amide bonds. The van der Waals surface area contributed by atoms with E-state index in [0.717, 1.165) is 0 Å². The molecule has 0 aliphatic heterocycles. The predicted molar refractivity (Wildman–Crippen MR) is 61.6 cm³/mol.